The van der Waals surface area contributed by atoms with Crippen molar-refractivity contribution < 1.29 is 49.3 Å². The van der Waals surface area contributed by atoms with Gasteiger partial charge < -0.3 is 0 Å². The van der Waals surface area contributed by atoms with Gasteiger partial charge in [-0.15, -0.1) is 17.6 Å². The van der Waals surface area contributed by atoms with Crippen LogP contribution in [0.5, 0.6) is 0 Å². The number of halogens is 8. The van der Waals surface area contributed by atoms with Gasteiger partial charge in [-0.2, -0.15) is 17.6 Å². The molecule has 90 valence electrons. The third kappa shape index (κ3) is 2.46. The van der Waals surface area contributed by atoms with Crippen molar-refractivity contribution >= 4 is 0 Å². The van der Waals surface area contributed by atoms with Crippen molar-refractivity contribution in [3.63, 3.8) is 0 Å². The smallest absolute Gasteiger partial charge is 0.222 e. The van der Waals surface area contributed by atoms with Crippen LogP contribution in [0.15, 0.2) is 0 Å². The maximum Gasteiger partial charge on any atom is 0.497 e. The van der Waals surface area contributed by atoms with Gasteiger partial charge in [-0.3, -0.25) is 0 Å². The molecule has 1 heterocycles. The Morgan fingerprint density at radius 2 is 0.733 bits per heavy atom. The monoisotopic (exact) mass is 248 g/mol. The van der Waals surface area contributed by atoms with E-state index < -0.39 is 24.8 Å². The molecule has 0 N–H and O–H groups in total. The van der Waals surface area contributed by atoms with Gasteiger partial charge in [0.15, 0.2) is 0 Å². The van der Waals surface area contributed by atoms with E-state index in [1.54, 1.807) is 0 Å². The van der Waals surface area contributed by atoms with Crippen molar-refractivity contribution in [2.75, 3.05) is 0 Å². The maximum absolute atomic E-state index is 12.1. The van der Waals surface area contributed by atoms with Crippen LogP contribution in [0.4, 0.5) is 35.1 Å². The Bertz CT molecular complexity index is 237. The fourth-order valence-electron chi connectivity index (χ4n) is 0.597. The molecule has 1 aliphatic heterocycles. The molecule has 0 spiro atoms. The second kappa shape index (κ2) is 2.92. The van der Waals surface area contributed by atoms with Crippen LogP contribution in [-0.4, -0.2) is 24.8 Å². The lowest BCUT2D eigenvalue weighted by Gasteiger charge is -2.22. The number of alkyl halides is 8. The first-order chi connectivity index (χ1) is 6.37. The zero-order valence-electron chi connectivity index (χ0n) is 6.25. The predicted octanol–water partition coefficient (Wildman–Crippen LogP) is 2.34. The van der Waals surface area contributed by atoms with Crippen molar-refractivity contribution in [3.8, 4) is 0 Å². The van der Waals surface area contributed by atoms with E-state index in [0.717, 1.165) is 0 Å². The highest BCUT2D eigenvalue weighted by Crippen LogP contribution is 2.48. The number of ether oxygens (including phenoxy) is 3. The SMILES string of the molecule is FC1(F)OC(F)(F)OC(F)(F)C(F)(F)O1. The van der Waals surface area contributed by atoms with E-state index >= 15 is 0 Å². The highest BCUT2D eigenvalue weighted by Gasteiger charge is 2.73. The van der Waals surface area contributed by atoms with E-state index in [1.807, 2.05) is 0 Å². The average Bonchev–Trinajstić information content (AvgIpc) is 1.77. The van der Waals surface area contributed by atoms with Crippen LogP contribution < -0.4 is 0 Å². The third-order valence-electron chi connectivity index (χ3n) is 1.07. The van der Waals surface area contributed by atoms with Crippen LogP contribution in [0.25, 0.3) is 0 Å². The third-order valence-corrected chi connectivity index (χ3v) is 1.07. The summed E-state index contributed by atoms with van der Waals surface area (Å²) in [7, 11) is 0. The summed E-state index contributed by atoms with van der Waals surface area (Å²) >= 11 is 0. The van der Waals surface area contributed by atoms with Crippen LogP contribution in [-0.2, 0) is 14.2 Å². The zero-order chi connectivity index (χ0) is 12.1. The molecule has 1 aliphatic rings. The fourth-order valence-corrected chi connectivity index (χ4v) is 0.597. The molecule has 0 aliphatic carbocycles. The van der Waals surface area contributed by atoms with Gasteiger partial charge in [-0.05, 0) is 0 Å². The molecule has 15 heavy (non-hydrogen) atoms. The average molecular weight is 248 g/mol. The van der Waals surface area contributed by atoms with Gasteiger partial charge in [0.2, 0.25) is 0 Å². The fraction of sp³-hybridized carbons (Fsp3) is 1.00. The van der Waals surface area contributed by atoms with Gasteiger partial charge in [0.1, 0.15) is 0 Å². The summed E-state index contributed by atoms with van der Waals surface area (Å²) in [6.45, 7) is 0. The molecule has 0 aromatic carbocycles. The van der Waals surface area contributed by atoms with E-state index in [9.17, 15) is 35.1 Å². The molecule has 0 unspecified atom stereocenters. The summed E-state index contributed by atoms with van der Waals surface area (Å²) in [6, 6.07) is 0. The molecular formula is C4F8O3. The van der Waals surface area contributed by atoms with Gasteiger partial charge in [-0.25, -0.2) is 14.2 Å². The molecule has 1 fully saturated rings. The molecule has 0 aromatic rings. The van der Waals surface area contributed by atoms with Crippen molar-refractivity contribution in [2.24, 2.45) is 0 Å². The van der Waals surface area contributed by atoms with E-state index in [0.29, 0.717) is 0 Å². The molecule has 3 nitrogen and oxygen atoms in total. The largest absolute Gasteiger partial charge is 0.497 e. The summed E-state index contributed by atoms with van der Waals surface area (Å²) < 4.78 is 103. The Hall–Kier alpha value is -0.680. The molecule has 11 heteroatoms. The van der Waals surface area contributed by atoms with Crippen LogP contribution in [0.2, 0.25) is 0 Å². The minimum Gasteiger partial charge on any atom is -0.222 e. The highest BCUT2D eigenvalue weighted by molar-refractivity contribution is 4.70. The minimum absolute atomic E-state index is 2.09. The zero-order valence-corrected chi connectivity index (χ0v) is 6.25. The minimum atomic E-state index is -5.96. The van der Waals surface area contributed by atoms with E-state index in [-0.39, 0.29) is 0 Å². The molecule has 0 amide bonds. The summed E-state index contributed by atoms with van der Waals surface area (Å²) in [5.41, 5.74) is 0. The quantitative estimate of drug-likeness (QED) is 0.616. The Morgan fingerprint density at radius 3 is 1.00 bits per heavy atom. The van der Waals surface area contributed by atoms with Gasteiger partial charge in [0.05, 0.1) is 0 Å². The molecule has 0 radical (unpaired) electrons. The van der Waals surface area contributed by atoms with Crippen molar-refractivity contribution in [1.29, 1.82) is 0 Å². The lowest BCUT2D eigenvalue weighted by Crippen LogP contribution is -2.46. The summed E-state index contributed by atoms with van der Waals surface area (Å²) in [5, 5.41) is 0. The first-order valence-corrected chi connectivity index (χ1v) is 2.99. The molecular weight excluding hydrogens is 248 g/mol. The first kappa shape index (κ1) is 12.4. The summed E-state index contributed by atoms with van der Waals surface area (Å²) in [5.74, 6) is 0. The molecule has 1 rings (SSSR count). The van der Waals surface area contributed by atoms with Crippen LogP contribution in [0, 0.1) is 0 Å². The van der Waals surface area contributed by atoms with Crippen molar-refractivity contribution in [2.45, 2.75) is 24.8 Å². The van der Waals surface area contributed by atoms with Crippen molar-refractivity contribution in [1.82, 2.24) is 0 Å². The highest BCUT2D eigenvalue weighted by atomic mass is 19.3. The topological polar surface area (TPSA) is 27.7 Å². The van der Waals surface area contributed by atoms with Crippen LogP contribution in [0.3, 0.4) is 0 Å². The molecule has 1 saturated heterocycles. The van der Waals surface area contributed by atoms with Gasteiger partial charge in [-0.1, -0.05) is 0 Å². The van der Waals surface area contributed by atoms with Gasteiger partial charge in [0, 0.05) is 0 Å². The summed E-state index contributed by atoms with van der Waals surface area (Å²) in [4.78, 5) is 0. The number of rotatable bonds is 0. The first-order valence-electron chi connectivity index (χ1n) is 2.99. The Labute approximate surface area is 75.5 Å². The Kier molecular flexibility index (Phi) is 2.41. The lowest BCUT2D eigenvalue weighted by molar-refractivity contribution is -0.520. The molecule has 0 saturated carbocycles. The standard InChI is InChI=1S/C4F8O3/c5-1(6)2(7,8)14-4(11,12)15-3(9,10)13-1. The van der Waals surface area contributed by atoms with Gasteiger partial charge >= 0.3 is 24.8 Å². The van der Waals surface area contributed by atoms with Crippen LogP contribution >= 0.6 is 0 Å². The van der Waals surface area contributed by atoms with E-state index in [4.69, 9.17) is 0 Å². The number of hydrogen-bond donors (Lipinski definition) is 0. The molecule has 0 aromatic heterocycles. The second-order valence-electron chi connectivity index (χ2n) is 2.27. The van der Waals surface area contributed by atoms with Gasteiger partial charge in [0.25, 0.3) is 0 Å². The molecule has 0 bridgehead atoms. The predicted molar refractivity (Wildman–Crippen MR) is 23.0 cm³/mol. The van der Waals surface area contributed by atoms with Crippen molar-refractivity contribution in [3.05, 3.63) is 0 Å². The molecule has 0 atom stereocenters. The Morgan fingerprint density at radius 1 is 0.467 bits per heavy atom. The second-order valence-corrected chi connectivity index (χ2v) is 2.27. The van der Waals surface area contributed by atoms with E-state index in [1.165, 1.54) is 0 Å². The summed E-state index contributed by atoms with van der Waals surface area (Å²) in [6.07, 6.45) is -23.2. The Balaban J connectivity index is 3.10. The lowest BCUT2D eigenvalue weighted by atomic mass is 10.6. The van der Waals surface area contributed by atoms with E-state index in [2.05, 4.69) is 14.2 Å². The number of hydrogen-bond acceptors (Lipinski definition) is 3. The normalized spacial score (nSPS) is 32.0. The van der Waals surface area contributed by atoms with Crippen LogP contribution in [0.1, 0.15) is 0 Å². The maximum atomic E-state index is 12.1.